The number of ether oxygens (including phenoxy) is 2. The van der Waals surface area contributed by atoms with Gasteiger partial charge < -0.3 is 19.7 Å². The highest BCUT2D eigenvalue weighted by atomic mass is 32.3. The molecule has 4 fully saturated rings. The Morgan fingerprint density at radius 1 is 0.847 bits per heavy atom. The molecular weight excluding hydrogens is 810 g/mol. The molecule has 2 unspecified atom stereocenters. The van der Waals surface area contributed by atoms with Gasteiger partial charge in [0.15, 0.2) is 5.79 Å². The van der Waals surface area contributed by atoms with E-state index in [1.54, 1.807) is 25.3 Å². The van der Waals surface area contributed by atoms with Crippen LogP contribution in [0.1, 0.15) is 82.8 Å². The molecule has 4 aliphatic carbocycles. The Morgan fingerprint density at radius 2 is 1.44 bits per heavy atom. The Morgan fingerprint density at radius 3 is 2.03 bits per heavy atom. The number of aryl methyl sites for hydroxylation is 1. The number of alkyl halides is 5. The smallest absolute Gasteiger partial charge is 0.392 e. The van der Waals surface area contributed by atoms with Crippen LogP contribution in [0.3, 0.4) is 0 Å². The molecule has 1 aliphatic heterocycles. The Hall–Kier alpha value is -3.01. The van der Waals surface area contributed by atoms with Crippen LogP contribution < -0.4 is 0 Å². The zero-order chi connectivity index (χ0) is 42.6. The Balaban J connectivity index is 1.14. The fourth-order valence-electron chi connectivity index (χ4n) is 11.1. The first-order valence-corrected chi connectivity index (χ1v) is 23.3. The zero-order valence-electron chi connectivity index (χ0n) is 33.9. The number of sulfonamides is 1. The highest BCUT2D eigenvalue weighted by molar-refractivity contribution is 7.99. The summed E-state index contributed by atoms with van der Waals surface area (Å²) in [5.41, 5.74) is 1.56. The van der Waals surface area contributed by atoms with Crippen LogP contribution in [-0.4, -0.2) is 67.7 Å². The van der Waals surface area contributed by atoms with Gasteiger partial charge in [-0.2, -0.15) is 30.4 Å². The van der Waals surface area contributed by atoms with Crippen molar-refractivity contribution >= 4 is 20.7 Å². The zero-order valence-corrected chi connectivity index (χ0v) is 35.5. The van der Waals surface area contributed by atoms with E-state index in [4.69, 9.17) is 9.47 Å². The third-order valence-corrected chi connectivity index (χ3v) is 17.6. The second kappa shape index (κ2) is 14.5. The molecule has 0 amide bonds. The van der Waals surface area contributed by atoms with E-state index in [9.17, 15) is 31.8 Å². The highest BCUT2D eigenvalue weighted by Crippen LogP contribution is 2.70. The van der Waals surface area contributed by atoms with Gasteiger partial charge in [0, 0.05) is 47.3 Å². The predicted octanol–water partition coefficient (Wildman–Crippen LogP) is 9.92. The first-order chi connectivity index (χ1) is 27.5. The van der Waals surface area contributed by atoms with Crippen molar-refractivity contribution in [3.05, 3.63) is 95.1 Å². The van der Waals surface area contributed by atoms with Gasteiger partial charge in [0.1, 0.15) is 0 Å². The van der Waals surface area contributed by atoms with Gasteiger partial charge in [0.05, 0.1) is 29.8 Å². The molecule has 0 bridgehead atoms. The Labute approximate surface area is 345 Å². The average Bonchev–Trinajstić information content (AvgIpc) is 3.52. The number of halogens is 5. The molecule has 0 aromatic heterocycles. The van der Waals surface area contributed by atoms with Gasteiger partial charge in [-0.05, 0) is 96.7 Å². The summed E-state index contributed by atoms with van der Waals surface area (Å²) in [7, 11) is -4.85. The summed E-state index contributed by atoms with van der Waals surface area (Å²) in [5.74, 6) is -9.93. The van der Waals surface area contributed by atoms with E-state index in [0.29, 0.717) is 31.6 Å². The lowest BCUT2D eigenvalue weighted by molar-refractivity contribution is -0.324. The van der Waals surface area contributed by atoms with Crippen LogP contribution in [0.4, 0.5) is 22.0 Å². The quantitative estimate of drug-likeness (QED) is 0.189. The number of nitrogens with zero attached hydrogens (tertiary/aromatic N) is 1. The highest BCUT2D eigenvalue weighted by Gasteiger charge is 2.72. The number of hydrogen-bond donors (Lipinski definition) is 2. The van der Waals surface area contributed by atoms with Crippen molar-refractivity contribution in [1.82, 2.24) is 0 Å². The second-order valence-corrected chi connectivity index (χ2v) is 22.1. The van der Waals surface area contributed by atoms with Crippen LogP contribution in [0.5, 0.6) is 0 Å². The minimum absolute atomic E-state index is 0.000320. The molecule has 1 saturated heterocycles. The summed E-state index contributed by atoms with van der Waals surface area (Å²) < 4.78 is 116. The molecule has 2 N–H and O–H groups in total. The minimum atomic E-state index is -5.72. The summed E-state index contributed by atoms with van der Waals surface area (Å²) >= 11 is 0. The van der Waals surface area contributed by atoms with Crippen molar-refractivity contribution in [2.24, 2.45) is 32.4 Å². The summed E-state index contributed by atoms with van der Waals surface area (Å²) in [4.78, 5) is 0.843. The van der Waals surface area contributed by atoms with Crippen LogP contribution >= 0.6 is 0 Å². The molecular formula is C45H52F5NO6S2. The van der Waals surface area contributed by atoms with Gasteiger partial charge >= 0.3 is 12.1 Å². The monoisotopic (exact) mass is 861 g/mol. The number of aliphatic hydroxyl groups is 2. The fraction of sp³-hybridized carbons (Fsp3) is 0.556. The van der Waals surface area contributed by atoms with Gasteiger partial charge in [0.25, 0.3) is 10.0 Å². The lowest BCUT2D eigenvalue weighted by Gasteiger charge is -2.59. The summed E-state index contributed by atoms with van der Waals surface area (Å²) in [5, 5.41) is 24.5. The average molecular weight is 862 g/mol. The summed E-state index contributed by atoms with van der Waals surface area (Å²) in [6.45, 7) is 8.34. The van der Waals surface area contributed by atoms with Crippen molar-refractivity contribution in [1.29, 1.82) is 0 Å². The van der Waals surface area contributed by atoms with Gasteiger partial charge in [-0.25, -0.2) is 0 Å². The molecule has 8 rings (SSSR count). The van der Waals surface area contributed by atoms with Crippen LogP contribution in [0.15, 0.2) is 97.5 Å². The maximum absolute atomic E-state index is 15.5. The summed E-state index contributed by atoms with van der Waals surface area (Å²) in [6.07, 6.45) is -4.57. The van der Waals surface area contributed by atoms with Crippen LogP contribution in [0, 0.1) is 35.5 Å². The molecule has 5 aliphatic rings. The second-order valence-electron chi connectivity index (χ2n) is 18.7. The van der Waals surface area contributed by atoms with Crippen molar-refractivity contribution in [2.45, 2.75) is 118 Å². The third kappa shape index (κ3) is 7.45. The Kier molecular flexibility index (Phi) is 10.5. The van der Waals surface area contributed by atoms with E-state index in [-0.39, 0.29) is 42.4 Å². The number of fused-ring (bicyclic) bond motifs is 4. The van der Waals surface area contributed by atoms with E-state index in [1.807, 2.05) is 69.3 Å². The van der Waals surface area contributed by atoms with E-state index in [1.165, 1.54) is 12.1 Å². The SMILES string of the molecule is Cc1ccc(S(=O)(=O)N=S(C)c2ccc(-c3ccc([C@H]4C[C@]5(C)[C@@H](C(F)(F)C(F)(F)F)CC[C@H]5[C@H]5C4=C4CCC6(C[C@]4(O)CC5O)OCC(C)(C)CO6)cc3)cc2)cc1. The predicted molar refractivity (Wildman–Crippen MR) is 215 cm³/mol. The Bertz CT molecular complexity index is 2270. The van der Waals surface area contributed by atoms with E-state index < -0.39 is 79.4 Å². The molecule has 7 nitrogen and oxygen atoms in total. The molecule has 59 heavy (non-hydrogen) atoms. The number of benzene rings is 3. The fourth-order valence-corrected chi connectivity index (χ4v) is 13.9. The summed E-state index contributed by atoms with van der Waals surface area (Å²) in [6, 6.07) is 21.4. The van der Waals surface area contributed by atoms with Crippen LogP contribution in [0.25, 0.3) is 11.1 Å². The first kappa shape index (κ1) is 42.7. The van der Waals surface area contributed by atoms with Crippen molar-refractivity contribution in [3.63, 3.8) is 0 Å². The van der Waals surface area contributed by atoms with Gasteiger partial charge in [0.2, 0.25) is 0 Å². The van der Waals surface area contributed by atoms with Crippen LogP contribution in [0.2, 0.25) is 0 Å². The largest absolute Gasteiger partial charge is 0.453 e. The van der Waals surface area contributed by atoms with Crippen molar-refractivity contribution < 1.29 is 50.1 Å². The van der Waals surface area contributed by atoms with Gasteiger partial charge in [-0.15, -0.1) is 3.77 Å². The normalized spacial score (nSPS) is 32.4. The molecule has 8 atom stereocenters. The minimum Gasteiger partial charge on any atom is -0.392 e. The molecule has 1 heterocycles. The third-order valence-electron chi connectivity index (χ3n) is 14.0. The molecule has 0 radical (unpaired) electrons. The molecule has 3 aromatic carbocycles. The maximum Gasteiger partial charge on any atom is 0.453 e. The van der Waals surface area contributed by atoms with E-state index in [2.05, 4.69) is 3.77 Å². The van der Waals surface area contributed by atoms with Crippen molar-refractivity contribution in [3.8, 4) is 11.1 Å². The number of hydrogen-bond acceptors (Lipinski definition) is 6. The van der Waals surface area contributed by atoms with Crippen LogP contribution in [-0.2, 0) is 30.2 Å². The first-order valence-electron chi connectivity index (χ1n) is 20.3. The standard InChI is InChI=1S/C45H52F5NO6S2/c1-27-6-16-32(17-7-27)59(54,55)51-58(5)31-14-12-29(13-15-31)28-8-10-30(11-9-28)33-22-41(4)34(18-19-37(41)44(46,47)45(48,49)50)39-36(52)23-42(53)24-43(21-20-35(42)38(33)39)56-25-40(2,3)26-57-43/h6-17,33-34,36-37,39,52-53H,18-26H2,1-5H3/t33-,34+,36?,37+,39-,41+,42-,58?/m1/s1. The lowest BCUT2D eigenvalue weighted by Crippen LogP contribution is -2.60. The lowest BCUT2D eigenvalue weighted by atomic mass is 9.49. The topological polar surface area (TPSA) is 105 Å². The van der Waals surface area contributed by atoms with E-state index >= 15 is 8.78 Å². The number of aliphatic hydroxyl groups excluding tert-OH is 1. The van der Waals surface area contributed by atoms with Gasteiger partial charge in [-0.3, -0.25) is 0 Å². The molecule has 1 spiro atoms. The molecule has 3 aromatic rings. The molecule has 320 valence electrons. The number of rotatable bonds is 6. The molecule has 14 heteroatoms. The van der Waals surface area contributed by atoms with E-state index in [0.717, 1.165) is 32.7 Å². The van der Waals surface area contributed by atoms with Crippen molar-refractivity contribution in [2.75, 3.05) is 19.5 Å². The van der Waals surface area contributed by atoms with Gasteiger partial charge in [-0.1, -0.05) is 91.1 Å². The molecule has 3 saturated carbocycles. The maximum atomic E-state index is 15.5.